The van der Waals surface area contributed by atoms with Gasteiger partial charge in [0.15, 0.2) is 5.13 Å². The van der Waals surface area contributed by atoms with Crippen molar-refractivity contribution in [3.05, 3.63) is 11.1 Å². The summed E-state index contributed by atoms with van der Waals surface area (Å²) in [6.45, 7) is 7.63. The molecule has 96 valence electrons. The number of aryl methyl sites for hydroxylation is 1. The van der Waals surface area contributed by atoms with Gasteiger partial charge in [-0.05, 0) is 19.4 Å². The molecule has 1 aliphatic rings. The van der Waals surface area contributed by atoms with E-state index in [1.807, 2.05) is 0 Å². The summed E-state index contributed by atoms with van der Waals surface area (Å²) in [4.78, 5) is 9.53. The summed E-state index contributed by atoms with van der Waals surface area (Å²) >= 11 is 7.57. The lowest BCUT2D eigenvalue weighted by Crippen LogP contribution is -2.31. The van der Waals surface area contributed by atoms with Gasteiger partial charge >= 0.3 is 0 Å². The number of rotatable bonds is 4. The van der Waals surface area contributed by atoms with Gasteiger partial charge in [0, 0.05) is 37.4 Å². The van der Waals surface area contributed by atoms with E-state index in [9.17, 15) is 0 Å². The molecule has 2 rings (SSSR count). The number of halogens is 1. The van der Waals surface area contributed by atoms with Crippen LogP contribution in [0.15, 0.2) is 5.38 Å². The minimum absolute atomic E-state index is 0.733. The summed E-state index contributed by atoms with van der Waals surface area (Å²) in [6, 6.07) is 0. The van der Waals surface area contributed by atoms with Gasteiger partial charge in [-0.15, -0.1) is 22.9 Å². The summed E-state index contributed by atoms with van der Waals surface area (Å²) in [6.07, 6.45) is 2.24. The summed E-state index contributed by atoms with van der Waals surface area (Å²) in [7, 11) is 0. The van der Waals surface area contributed by atoms with E-state index >= 15 is 0 Å². The van der Waals surface area contributed by atoms with E-state index in [1.54, 1.807) is 11.3 Å². The van der Waals surface area contributed by atoms with Gasteiger partial charge in [-0.2, -0.15) is 0 Å². The van der Waals surface area contributed by atoms with Crippen molar-refractivity contribution in [2.24, 2.45) is 0 Å². The molecule has 1 saturated heterocycles. The molecule has 0 N–H and O–H groups in total. The summed E-state index contributed by atoms with van der Waals surface area (Å²) < 4.78 is 0. The van der Waals surface area contributed by atoms with E-state index in [4.69, 9.17) is 11.6 Å². The van der Waals surface area contributed by atoms with Crippen LogP contribution in [0.1, 0.15) is 19.0 Å². The van der Waals surface area contributed by atoms with E-state index in [1.165, 1.54) is 17.2 Å². The Morgan fingerprint density at radius 3 is 2.94 bits per heavy atom. The number of thiazole rings is 1. The topological polar surface area (TPSA) is 19.4 Å². The second-order valence-electron chi connectivity index (χ2n) is 4.35. The average Bonchev–Trinajstić information content (AvgIpc) is 2.70. The molecule has 0 aromatic carbocycles. The summed E-state index contributed by atoms with van der Waals surface area (Å²) in [5.74, 6) is 0.733. The number of alkyl halides is 1. The molecule has 17 heavy (non-hydrogen) atoms. The molecule has 0 unspecified atom stereocenters. The molecule has 0 bridgehead atoms. The third-order valence-electron chi connectivity index (χ3n) is 3.16. The van der Waals surface area contributed by atoms with Crippen LogP contribution in [0.4, 0.5) is 5.13 Å². The molecule has 0 spiro atoms. The molecule has 3 nitrogen and oxygen atoms in total. The fraction of sp³-hybridized carbons (Fsp3) is 0.750. The zero-order chi connectivity index (χ0) is 12.1. The lowest BCUT2D eigenvalue weighted by molar-refractivity contribution is 0.311. The van der Waals surface area contributed by atoms with Crippen molar-refractivity contribution >= 4 is 28.1 Å². The minimum Gasteiger partial charge on any atom is -0.347 e. The Morgan fingerprint density at radius 2 is 2.24 bits per heavy atom. The predicted octanol–water partition coefficient (Wildman–Crippen LogP) is 2.46. The van der Waals surface area contributed by atoms with Crippen molar-refractivity contribution in [2.45, 2.75) is 19.8 Å². The average molecular weight is 274 g/mol. The van der Waals surface area contributed by atoms with Crippen LogP contribution >= 0.6 is 22.9 Å². The molecule has 5 heteroatoms. The largest absolute Gasteiger partial charge is 0.347 e. The molecular formula is C12H20ClN3S. The maximum absolute atomic E-state index is 5.80. The van der Waals surface area contributed by atoms with Gasteiger partial charge in [-0.25, -0.2) is 4.98 Å². The van der Waals surface area contributed by atoms with Crippen molar-refractivity contribution < 1.29 is 0 Å². The van der Waals surface area contributed by atoms with E-state index < -0.39 is 0 Å². The third kappa shape index (κ3) is 3.57. The van der Waals surface area contributed by atoms with Gasteiger partial charge < -0.3 is 9.80 Å². The van der Waals surface area contributed by atoms with E-state index in [2.05, 4.69) is 27.1 Å². The van der Waals surface area contributed by atoms with Crippen LogP contribution in [0.3, 0.4) is 0 Å². The SMILES string of the molecule is CCc1csc(N2CCCN(CCCl)CC2)n1. The van der Waals surface area contributed by atoms with Crippen LogP contribution in [0.25, 0.3) is 0 Å². The molecule has 0 atom stereocenters. The first-order chi connectivity index (χ1) is 8.33. The molecule has 1 aliphatic heterocycles. The standard InChI is InChI=1S/C12H20ClN3S/c1-2-11-10-17-12(14-11)16-6-3-5-15(7-4-13)8-9-16/h10H,2-9H2,1H3. The zero-order valence-electron chi connectivity index (χ0n) is 10.4. The van der Waals surface area contributed by atoms with E-state index in [0.29, 0.717) is 0 Å². The highest BCUT2D eigenvalue weighted by molar-refractivity contribution is 7.13. The Balaban J connectivity index is 1.93. The smallest absolute Gasteiger partial charge is 0.185 e. The first kappa shape index (κ1) is 13.1. The predicted molar refractivity (Wildman–Crippen MR) is 75.5 cm³/mol. The van der Waals surface area contributed by atoms with Gasteiger partial charge in [-0.1, -0.05) is 6.92 Å². The van der Waals surface area contributed by atoms with Crippen molar-refractivity contribution in [1.82, 2.24) is 9.88 Å². The van der Waals surface area contributed by atoms with Crippen molar-refractivity contribution in [3.63, 3.8) is 0 Å². The molecule has 0 amide bonds. The highest BCUT2D eigenvalue weighted by atomic mass is 35.5. The van der Waals surface area contributed by atoms with Gasteiger partial charge in [0.05, 0.1) is 5.69 Å². The van der Waals surface area contributed by atoms with Gasteiger partial charge in [-0.3, -0.25) is 0 Å². The van der Waals surface area contributed by atoms with E-state index in [0.717, 1.165) is 45.0 Å². The van der Waals surface area contributed by atoms with Crippen LogP contribution in [-0.4, -0.2) is 48.5 Å². The monoisotopic (exact) mass is 273 g/mol. The first-order valence-electron chi connectivity index (χ1n) is 6.31. The zero-order valence-corrected chi connectivity index (χ0v) is 11.9. The Bertz CT molecular complexity index is 342. The Kier molecular flexibility index (Phi) is 5.07. The number of hydrogen-bond acceptors (Lipinski definition) is 4. The number of nitrogens with zero attached hydrogens (tertiary/aromatic N) is 3. The van der Waals surface area contributed by atoms with Gasteiger partial charge in [0.25, 0.3) is 0 Å². The Labute approximate surface area is 112 Å². The number of aromatic nitrogens is 1. The minimum atomic E-state index is 0.733. The molecule has 1 aromatic heterocycles. The van der Waals surface area contributed by atoms with Crippen LogP contribution < -0.4 is 4.90 Å². The van der Waals surface area contributed by atoms with Gasteiger partial charge in [0.2, 0.25) is 0 Å². The molecule has 0 radical (unpaired) electrons. The maximum atomic E-state index is 5.80. The van der Waals surface area contributed by atoms with Crippen molar-refractivity contribution in [2.75, 3.05) is 43.5 Å². The highest BCUT2D eigenvalue weighted by Crippen LogP contribution is 2.22. The Hall–Kier alpha value is -0.320. The summed E-state index contributed by atoms with van der Waals surface area (Å²) in [5, 5.41) is 3.37. The molecular weight excluding hydrogens is 254 g/mol. The fourth-order valence-corrected chi connectivity index (χ4v) is 3.31. The quantitative estimate of drug-likeness (QED) is 0.786. The van der Waals surface area contributed by atoms with Gasteiger partial charge in [0.1, 0.15) is 0 Å². The van der Waals surface area contributed by atoms with Crippen molar-refractivity contribution in [1.29, 1.82) is 0 Å². The highest BCUT2D eigenvalue weighted by Gasteiger charge is 2.16. The molecule has 2 heterocycles. The molecule has 0 saturated carbocycles. The lowest BCUT2D eigenvalue weighted by atomic mass is 10.4. The second kappa shape index (κ2) is 6.57. The molecule has 0 aliphatic carbocycles. The first-order valence-corrected chi connectivity index (χ1v) is 7.72. The Morgan fingerprint density at radius 1 is 1.35 bits per heavy atom. The van der Waals surface area contributed by atoms with Crippen molar-refractivity contribution in [3.8, 4) is 0 Å². The number of anilines is 1. The normalized spacial score (nSPS) is 18.4. The fourth-order valence-electron chi connectivity index (χ4n) is 2.11. The lowest BCUT2D eigenvalue weighted by Gasteiger charge is -2.20. The maximum Gasteiger partial charge on any atom is 0.185 e. The molecule has 1 aromatic rings. The van der Waals surface area contributed by atoms with Crippen LogP contribution in [-0.2, 0) is 6.42 Å². The van der Waals surface area contributed by atoms with Crippen LogP contribution in [0.5, 0.6) is 0 Å². The van der Waals surface area contributed by atoms with Crippen LogP contribution in [0.2, 0.25) is 0 Å². The molecule has 1 fully saturated rings. The van der Waals surface area contributed by atoms with E-state index in [-0.39, 0.29) is 0 Å². The second-order valence-corrected chi connectivity index (χ2v) is 5.56. The summed E-state index contributed by atoms with van der Waals surface area (Å²) in [5.41, 5.74) is 1.21. The third-order valence-corrected chi connectivity index (χ3v) is 4.28. The number of hydrogen-bond donors (Lipinski definition) is 0. The van der Waals surface area contributed by atoms with Crippen LogP contribution in [0, 0.1) is 0 Å².